The predicted octanol–water partition coefficient (Wildman–Crippen LogP) is 2.52. The highest BCUT2D eigenvalue weighted by molar-refractivity contribution is 5.84. The molecule has 3 nitrogen and oxygen atoms in total. The lowest BCUT2D eigenvalue weighted by molar-refractivity contribution is 0.153. The number of nitrogens with zero attached hydrogens (tertiary/aromatic N) is 2. The van der Waals surface area contributed by atoms with Gasteiger partial charge in [0.2, 0.25) is 0 Å². The first-order valence-corrected chi connectivity index (χ1v) is 7.46. The Hall–Kier alpha value is -0.730. The second-order valence-corrected chi connectivity index (χ2v) is 5.83. The van der Waals surface area contributed by atoms with Gasteiger partial charge in [0.15, 0.2) is 5.96 Å². The smallest absolute Gasteiger partial charge is 0.195 e. The molecule has 2 heterocycles. The molecule has 0 spiro atoms. The van der Waals surface area contributed by atoms with Crippen molar-refractivity contribution in [2.75, 3.05) is 0 Å². The molecule has 1 aliphatic carbocycles. The molecule has 3 heteroatoms. The lowest BCUT2D eigenvalue weighted by Gasteiger charge is -2.44. The average Bonchev–Trinajstić information content (AvgIpc) is 2.75. The van der Waals surface area contributed by atoms with E-state index in [4.69, 9.17) is 4.99 Å². The molecule has 0 radical (unpaired) electrons. The van der Waals surface area contributed by atoms with Crippen LogP contribution >= 0.6 is 0 Å². The van der Waals surface area contributed by atoms with Crippen molar-refractivity contribution in [1.29, 1.82) is 0 Å². The molecule has 1 saturated heterocycles. The maximum Gasteiger partial charge on any atom is 0.195 e. The summed E-state index contributed by atoms with van der Waals surface area (Å²) in [5.41, 5.74) is 0. The van der Waals surface area contributed by atoms with Crippen LogP contribution in [-0.4, -0.2) is 35.0 Å². The molecule has 4 unspecified atom stereocenters. The Morgan fingerprint density at radius 3 is 2.82 bits per heavy atom. The van der Waals surface area contributed by atoms with Crippen molar-refractivity contribution in [2.24, 2.45) is 4.99 Å². The highest BCUT2D eigenvalue weighted by Gasteiger charge is 2.43. The van der Waals surface area contributed by atoms with Gasteiger partial charge in [-0.05, 0) is 32.1 Å². The first kappa shape index (κ1) is 11.4. The van der Waals surface area contributed by atoms with Gasteiger partial charge in [-0.25, -0.2) is 4.99 Å². The van der Waals surface area contributed by atoms with E-state index in [-0.39, 0.29) is 0 Å². The Kier molecular flexibility index (Phi) is 3.01. The summed E-state index contributed by atoms with van der Waals surface area (Å²) in [4.78, 5) is 7.59. The molecule has 96 valence electrons. The van der Waals surface area contributed by atoms with Gasteiger partial charge in [0.05, 0.1) is 12.1 Å². The lowest BCUT2D eigenvalue weighted by Crippen LogP contribution is -2.58. The van der Waals surface area contributed by atoms with Crippen molar-refractivity contribution >= 4 is 5.96 Å². The third-order valence-electron chi connectivity index (χ3n) is 4.83. The quantitative estimate of drug-likeness (QED) is 0.796. The zero-order valence-corrected chi connectivity index (χ0v) is 11.2. The highest BCUT2D eigenvalue weighted by atomic mass is 15.4. The Balaban J connectivity index is 1.83. The molecular formula is C14H25N3. The minimum atomic E-state index is 0.593. The summed E-state index contributed by atoms with van der Waals surface area (Å²) in [6, 6.07) is 2.69. The van der Waals surface area contributed by atoms with Crippen LogP contribution in [0.5, 0.6) is 0 Å². The van der Waals surface area contributed by atoms with Crippen LogP contribution in [0.3, 0.4) is 0 Å². The first-order chi connectivity index (χ1) is 8.33. The van der Waals surface area contributed by atoms with E-state index in [9.17, 15) is 0 Å². The molecule has 3 aliphatic rings. The third-order valence-corrected chi connectivity index (χ3v) is 4.83. The van der Waals surface area contributed by atoms with Crippen LogP contribution in [0, 0.1) is 0 Å². The monoisotopic (exact) mass is 235 g/mol. The number of nitrogens with one attached hydrogen (secondary N) is 1. The van der Waals surface area contributed by atoms with E-state index in [1.807, 2.05) is 0 Å². The summed E-state index contributed by atoms with van der Waals surface area (Å²) in [6.07, 6.45) is 9.22. The van der Waals surface area contributed by atoms with E-state index < -0.39 is 0 Å². The van der Waals surface area contributed by atoms with Gasteiger partial charge in [-0.2, -0.15) is 0 Å². The van der Waals surface area contributed by atoms with Crippen molar-refractivity contribution < 1.29 is 0 Å². The molecule has 2 fully saturated rings. The molecule has 1 N–H and O–H groups in total. The van der Waals surface area contributed by atoms with Crippen LogP contribution in [0.15, 0.2) is 4.99 Å². The molecule has 3 rings (SSSR count). The van der Waals surface area contributed by atoms with Crippen molar-refractivity contribution in [3.05, 3.63) is 0 Å². The lowest BCUT2D eigenvalue weighted by atomic mass is 9.88. The molecule has 2 aliphatic heterocycles. The van der Waals surface area contributed by atoms with Crippen LogP contribution in [0.1, 0.15) is 58.8 Å². The Bertz CT molecular complexity index is 313. The van der Waals surface area contributed by atoms with Gasteiger partial charge in [0.1, 0.15) is 0 Å². The normalized spacial score (nSPS) is 40.4. The van der Waals surface area contributed by atoms with Crippen molar-refractivity contribution in [3.63, 3.8) is 0 Å². The zero-order valence-electron chi connectivity index (χ0n) is 11.2. The SMILES string of the molecule is CCC1CC(CC)N2C(=NC3CCCCC32)N1. The maximum absolute atomic E-state index is 4.96. The fourth-order valence-electron chi connectivity index (χ4n) is 3.82. The van der Waals surface area contributed by atoms with Gasteiger partial charge in [-0.3, -0.25) is 0 Å². The highest BCUT2D eigenvalue weighted by Crippen LogP contribution is 2.35. The van der Waals surface area contributed by atoms with Gasteiger partial charge in [-0.1, -0.05) is 26.7 Å². The molecule has 4 atom stereocenters. The van der Waals surface area contributed by atoms with Gasteiger partial charge >= 0.3 is 0 Å². The van der Waals surface area contributed by atoms with Crippen molar-refractivity contribution in [2.45, 2.75) is 83.0 Å². The Morgan fingerprint density at radius 2 is 2.06 bits per heavy atom. The number of guanidine groups is 1. The number of rotatable bonds is 2. The zero-order chi connectivity index (χ0) is 11.8. The van der Waals surface area contributed by atoms with Crippen LogP contribution in [0.25, 0.3) is 0 Å². The molecule has 17 heavy (non-hydrogen) atoms. The predicted molar refractivity (Wildman–Crippen MR) is 71.2 cm³/mol. The topological polar surface area (TPSA) is 27.6 Å². The largest absolute Gasteiger partial charge is 0.353 e. The van der Waals surface area contributed by atoms with Crippen LogP contribution in [-0.2, 0) is 0 Å². The summed E-state index contributed by atoms with van der Waals surface area (Å²) >= 11 is 0. The Labute approximate surface area is 105 Å². The third kappa shape index (κ3) is 1.84. The van der Waals surface area contributed by atoms with Crippen LogP contribution in [0.4, 0.5) is 0 Å². The molecule has 0 aromatic carbocycles. The fourth-order valence-corrected chi connectivity index (χ4v) is 3.82. The van der Waals surface area contributed by atoms with Gasteiger partial charge in [0.25, 0.3) is 0 Å². The van der Waals surface area contributed by atoms with Crippen molar-refractivity contribution in [3.8, 4) is 0 Å². The van der Waals surface area contributed by atoms with Gasteiger partial charge in [0, 0.05) is 12.1 Å². The second-order valence-electron chi connectivity index (χ2n) is 5.83. The molecule has 0 aromatic heterocycles. The maximum atomic E-state index is 4.96. The van der Waals surface area contributed by atoms with E-state index in [2.05, 4.69) is 24.1 Å². The summed E-state index contributed by atoms with van der Waals surface area (Å²) in [5, 5.41) is 3.66. The van der Waals surface area contributed by atoms with E-state index >= 15 is 0 Å². The second kappa shape index (κ2) is 4.51. The summed E-state index contributed by atoms with van der Waals surface area (Å²) < 4.78 is 0. The molecule has 0 aromatic rings. The van der Waals surface area contributed by atoms with E-state index in [1.54, 1.807) is 0 Å². The standard InChI is InChI=1S/C14H25N3/c1-3-10-9-11(4-2)17-13-8-6-5-7-12(13)16-14(17)15-10/h10-13H,3-9H2,1-2H3,(H,15,16). The van der Waals surface area contributed by atoms with E-state index in [1.165, 1.54) is 50.9 Å². The summed E-state index contributed by atoms with van der Waals surface area (Å²) in [6.45, 7) is 4.61. The molecular weight excluding hydrogens is 210 g/mol. The van der Waals surface area contributed by atoms with E-state index in [0.29, 0.717) is 18.1 Å². The summed E-state index contributed by atoms with van der Waals surface area (Å²) in [7, 11) is 0. The number of hydrogen-bond donors (Lipinski definition) is 1. The number of hydrogen-bond acceptors (Lipinski definition) is 3. The first-order valence-electron chi connectivity index (χ1n) is 7.46. The van der Waals surface area contributed by atoms with Gasteiger partial charge < -0.3 is 10.2 Å². The van der Waals surface area contributed by atoms with Gasteiger partial charge in [-0.15, -0.1) is 0 Å². The number of fused-ring (bicyclic) bond motifs is 3. The van der Waals surface area contributed by atoms with Crippen LogP contribution < -0.4 is 5.32 Å². The van der Waals surface area contributed by atoms with E-state index in [0.717, 1.165) is 6.04 Å². The number of aliphatic imine (C=N–C) groups is 1. The average molecular weight is 235 g/mol. The molecule has 0 amide bonds. The fraction of sp³-hybridized carbons (Fsp3) is 0.929. The molecule has 0 bridgehead atoms. The van der Waals surface area contributed by atoms with Crippen LogP contribution in [0.2, 0.25) is 0 Å². The van der Waals surface area contributed by atoms with Crippen molar-refractivity contribution in [1.82, 2.24) is 10.2 Å². The molecule has 1 saturated carbocycles. The summed E-state index contributed by atoms with van der Waals surface area (Å²) in [5.74, 6) is 1.23. The Morgan fingerprint density at radius 1 is 1.24 bits per heavy atom. The minimum absolute atomic E-state index is 0.593. The minimum Gasteiger partial charge on any atom is -0.353 e.